The topological polar surface area (TPSA) is 155 Å². The molecule has 0 saturated heterocycles. The number of carbonyl (C=O) groups excluding carboxylic acids is 2. The maximum absolute atomic E-state index is 12.5. The van der Waals surface area contributed by atoms with Crippen LogP contribution in [-0.2, 0) is 9.53 Å². The minimum absolute atomic E-state index is 0.00718. The van der Waals surface area contributed by atoms with E-state index in [1.807, 2.05) is 25.1 Å². The minimum atomic E-state index is -0.562. The van der Waals surface area contributed by atoms with Crippen LogP contribution in [-0.4, -0.2) is 53.5 Å². The molecule has 0 radical (unpaired) electrons. The van der Waals surface area contributed by atoms with Gasteiger partial charge in [0.1, 0.15) is 12.4 Å². The first-order chi connectivity index (χ1) is 14.4. The Morgan fingerprint density at radius 2 is 1.97 bits per heavy atom. The second kappa shape index (κ2) is 9.38. The number of nitrogens with two attached hydrogens (primary N) is 1. The molecule has 1 heterocycles. The highest BCUT2D eigenvalue weighted by Gasteiger charge is 2.27. The van der Waals surface area contributed by atoms with E-state index in [4.69, 9.17) is 11.1 Å². The average Bonchev–Trinajstić information content (AvgIpc) is 2.72. The number of hydrogen-bond acceptors (Lipinski definition) is 7. The van der Waals surface area contributed by atoms with Crippen LogP contribution in [0.5, 0.6) is 0 Å². The number of ether oxygens (including phenoxy) is 1. The van der Waals surface area contributed by atoms with E-state index >= 15 is 0 Å². The number of amides is 1. The van der Waals surface area contributed by atoms with Crippen molar-refractivity contribution in [2.45, 2.75) is 44.7 Å². The Hall–Kier alpha value is -3.43. The number of aromatic nitrogens is 2. The van der Waals surface area contributed by atoms with Crippen LogP contribution >= 0.6 is 0 Å². The van der Waals surface area contributed by atoms with Crippen LogP contribution in [0.25, 0.3) is 10.9 Å². The first-order valence-electron chi connectivity index (χ1n) is 9.88. The maximum atomic E-state index is 12.5. The van der Waals surface area contributed by atoms with E-state index in [1.165, 1.54) is 7.11 Å². The lowest BCUT2D eigenvalue weighted by Gasteiger charge is -2.33. The molecule has 2 atom stereocenters. The van der Waals surface area contributed by atoms with Gasteiger partial charge in [-0.15, -0.1) is 0 Å². The van der Waals surface area contributed by atoms with E-state index in [2.05, 4.69) is 30.7 Å². The zero-order chi connectivity index (χ0) is 21.7. The third-order valence-corrected chi connectivity index (χ3v) is 5.10. The van der Waals surface area contributed by atoms with Crippen molar-refractivity contribution in [3.8, 4) is 0 Å². The van der Waals surface area contributed by atoms with E-state index in [1.54, 1.807) is 0 Å². The largest absolute Gasteiger partial charge is 0.468 e. The molecule has 160 valence electrons. The molecule has 2 aromatic rings. The molecule has 1 aromatic heterocycles. The average molecular weight is 413 g/mol. The molecular weight excluding hydrogens is 386 g/mol. The zero-order valence-electron chi connectivity index (χ0n) is 17.1. The van der Waals surface area contributed by atoms with Crippen molar-refractivity contribution < 1.29 is 14.3 Å². The van der Waals surface area contributed by atoms with Gasteiger partial charge in [-0.2, -0.15) is 0 Å². The van der Waals surface area contributed by atoms with Gasteiger partial charge in [-0.25, -0.2) is 9.97 Å². The molecule has 0 bridgehead atoms. The molecule has 6 N–H and O–H groups in total. The minimum Gasteiger partial charge on any atom is -0.468 e. The molecule has 10 heteroatoms. The van der Waals surface area contributed by atoms with Gasteiger partial charge in [-0.1, -0.05) is 24.5 Å². The molecule has 30 heavy (non-hydrogen) atoms. The highest BCUT2D eigenvalue weighted by molar-refractivity contribution is 5.97. The molecule has 0 spiro atoms. The van der Waals surface area contributed by atoms with Gasteiger partial charge in [0.15, 0.2) is 5.96 Å². The summed E-state index contributed by atoms with van der Waals surface area (Å²) in [6.07, 6.45) is 3.86. The van der Waals surface area contributed by atoms with Crippen molar-refractivity contribution in [3.63, 3.8) is 0 Å². The van der Waals surface area contributed by atoms with E-state index in [0.29, 0.717) is 11.3 Å². The smallest absolute Gasteiger partial charge is 0.325 e. The van der Waals surface area contributed by atoms with Gasteiger partial charge >= 0.3 is 5.97 Å². The van der Waals surface area contributed by atoms with Gasteiger partial charge in [0.05, 0.1) is 12.6 Å². The molecule has 1 aliphatic rings. The third kappa shape index (κ3) is 5.13. The number of aryl methyl sites for hydroxylation is 1. The SMILES string of the molecule is COC(=O)CNC(=O)c1nc(N[C@H]2CCCC[C@H]2NC(=N)N)c2cc(C)ccc2n1. The molecule has 1 amide bonds. The van der Waals surface area contributed by atoms with Gasteiger partial charge in [-0.05, 0) is 31.9 Å². The number of carbonyl (C=O) groups is 2. The summed E-state index contributed by atoms with van der Waals surface area (Å²) in [5.74, 6) is -0.690. The first-order valence-corrected chi connectivity index (χ1v) is 9.88. The Balaban J connectivity index is 1.92. The lowest BCUT2D eigenvalue weighted by Crippen LogP contribution is -2.50. The molecule has 1 saturated carbocycles. The molecule has 10 nitrogen and oxygen atoms in total. The highest BCUT2D eigenvalue weighted by atomic mass is 16.5. The summed E-state index contributed by atoms with van der Waals surface area (Å²) in [5, 5.41) is 17.3. The first kappa shape index (κ1) is 21.3. The number of hydrogen-bond donors (Lipinski definition) is 5. The van der Waals surface area contributed by atoms with Crippen LogP contribution in [0.2, 0.25) is 0 Å². The number of methoxy groups -OCH3 is 1. The summed E-state index contributed by atoms with van der Waals surface area (Å²) in [6, 6.07) is 5.69. The van der Waals surface area contributed by atoms with Crippen LogP contribution < -0.4 is 21.7 Å². The molecule has 0 aliphatic heterocycles. The molecular formula is C20H27N7O3. The summed E-state index contributed by atoms with van der Waals surface area (Å²) >= 11 is 0. The van der Waals surface area contributed by atoms with Gasteiger partial charge in [0.2, 0.25) is 5.82 Å². The van der Waals surface area contributed by atoms with Crippen LogP contribution in [0, 0.1) is 12.3 Å². The number of nitrogens with one attached hydrogen (secondary N) is 4. The van der Waals surface area contributed by atoms with Crippen LogP contribution in [0.1, 0.15) is 41.9 Å². The van der Waals surface area contributed by atoms with Crippen LogP contribution in [0.3, 0.4) is 0 Å². The second-order valence-corrected chi connectivity index (χ2v) is 7.38. The Morgan fingerprint density at radius 3 is 2.67 bits per heavy atom. The monoisotopic (exact) mass is 413 g/mol. The molecule has 0 unspecified atom stereocenters. The Labute approximate surface area is 174 Å². The summed E-state index contributed by atoms with van der Waals surface area (Å²) < 4.78 is 4.55. The fourth-order valence-electron chi connectivity index (χ4n) is 3.61. The fourth-order valence-corrected chi connectivity index (χ4v) is 3.61. The van der Waals surface area contributed by atoms with Crippen molar-refractivity contribution >= 4 is 34.6 Å². The standard InChI is InChI=1S/C20H27N7O3/c1-11-7-8-13-12(9-11)17(25-14-5-3-4-6-15(14)26-20(21)22)27-18(24-13)19(29)23-10-16(28)30-2/h7-9,14-15H,3-6,10H2,1-2H3,(H,23,29)(H4,21,22,26)(H,24,25,27)/t14-,15+/m0/s1. The predicted molar refractivity (Wildman–Crippen MR) is 113 cm³/mol. The van der Waals surface area contributed by atoms with Gasteiger partial charge < -0.3 is 26.4 Å². The molecule has 1 fully saturated rings. The zero-order valence-corrected chi connectivity index (χ0v) is 17.1. The number of fused-ring (bicyclic) bond motifs is 1. The molecule has 1 aromatic carbocycles. The number of esters is 1. The molecule has 3 rings (SSSR count). The quantitative estimate of drug-likeness (QED) is 0.267. The fraction of sp³-hybridized carbons (Fsp3) is 0.450. The summed E-state index contributed by atoms with van der Waals surface area (Å²) in [5.41, 5.74) is 7.21. The van der Waals surface area contributed by atoms with Crippen LogP contribution in [0.15, 0.2) is 18.2 Å². The lowest BCUT2D eigenvalue weighted by molar-refractivity contribution is -0.139. The Kier molecular flexibility index (Phi) is 6.65. The third-order valence-electron chi connectivity index (χ3n) is 5.10. The normalized spacial score (nSPS) is 18.5. The predicted octanol–water partition coefficient (Wildman–Crippen LogP) is 1.05. The van der Waals surface area contributed by atoms with Crippen LogP contribution in [0.4, 0.5) is 5.82 Å². The Bertz CT molecular complexity index is 963. The van der Waals surface area contributed by atoms with Gasteiger partial charge in [-0.3, -0.25) is 15.0 Å². The van der Waals surface area contributed by atoms with Crippen molar-refractivity contribution in [2.75, 3.05) is 19.0 Å². The summed E-state index contributed by atoms with van der Waals surface area (Å²) in [7, 11) is 1.25. The van der Waals surface area contributed by atoms with E-state index in [0.717, 1.165) is 36.6 Å². The Morgan fingerprint density at radius 1 is 1.23 bits per heavy atom. The number of guanidine groups is 1. The number of rotatable bonds is 6. The summed E-state index contributed by atoms with van der Waals surface area (Å²) in [4.78, 5) is 32.6. The van der Waals surface area contributed by atoms with E-state index < -0.39 is 11.9 Å². The van der Waals surface area contributed by atoms with Crippen molar-refractivity contribution in [1.29, 1.82) is 5.41 Å². The van der Waals surface area contributed by atoms with Crippen molar-refractivity contribution in [2.24, 2.45) is 5.73 Å². The molecule has 1 aliphatic carbocycles. The maximum Gasteiger partial charge on any atom is 0.325 e. The number of nitrogens with zero attached hydrogens (tertiary/aromatic N) is 2. The van der Waals surface area contributed by atoms with Crippen molar-refractivity contribution in [3.05, 3.63) is 29.6 Å². The van der Waals surface area contributed by atoms with E-state index in [9.17, 15) is 9.59 Å². The summed E-state index contributed by atoms with van der Waals surface area (Å²) in [6.45, 7) is 1.71. The number of anilines is 1. The van der Waals surface area contributed by atoms with Gasteiger partial charge in [0, 0.05) is 17.5 Å². The second-order valence-electron chi connectivity index (χ2n) is 7.38. The van der Waals surface area contributed by atoms with Gasteiger partial charge in [0.25, 0.3) is 5.91 Å². The lowest BCUT2D eigenvalue weighted by atomic mass is 9.90. The van der Waals surface area contributed by atoms with E-state index in [-0.39, 0.29) is 30.4 Å². The number of benzene rings is 1. The van der Waals surface area contributed by atoms with Crippen molar-refractivity contribution in [1.82, 2.24) is 20.6 Å². The highest BCUT2D eigenvalue weighted by Crippen LogP contribution is 2.26.